The lowest BCUT2D eigenvalue weighted by atomic mass is 9.88. The fraction of sp³-hybridized carbons (Fsp3) is 0.645. The van der Waals surface area contributed by atoms with Crippen molar-refractivity contribution < 1.29 is 14.3 Å². The van der Waals surface area contributed by atoms with Gasteiger partial charge in [0.2, 0.25) is 5.95 Å². The van der Waals surface area contributed by atoms with Crippen molar-refractivity contribution in [3.05, 3.63) is 35.5 Å². The van der Waals surface area contributed by atoms with Crippen LogP contribution in [-0.2, 0) is 9.53 Å². The van der Waals surface area contributed by atoms with Crippen LogP contribution in [0.2, 0.25) is 0 Å². The van der Waals surface area contributed by atoms with Crippen molar-refractivity contribution in [2.24, 2.45) is 11.7 Å². The number of nitrogens with two attached hydrogens (primary N) is 1. The Kier molecular flexibility index (Phi) is 9.06. The molecule has 2 aromatic rings. The van der Waals surface area contributed by atoms with Gasteiger partial charge in [0, 0.05) is 24.8 Å². The summed E-state index contributed by atoms with van der Waals surface area (Å²) >= 11 is 0. The van der Waals surface area contributed by atoms with Gasteiger partial charge in [-0.2, -0.15) is 4.98 Å². The monoisotopic (exact) mass is 563 g/mol. The molecule has 1 aromatic heterocycles. The number of carbonyl (C=O) groups excluding carboxylic acids is 2. The molecule has 5 rings (SSSR count). The van der Waals surface area contributed by atoms with Crippen LogP contribution in [0.1, 0.15) is 101 Å². The molecular formula is C31H45N7O3. The summed E-state index contributed by atoms with van der Waals surface area (Å²) in [6.07, 6.45) is 10.1. The number of hydrogen-bond donors (Lipinski definition) is 2. The number of piperidine rings is 2. The van der Waals surface area contributed by atoms with Crippen LogP contribution in [-0.4, -0.2) is 69.8 Å². The van der Waals surface area contributed by atoms with Gasteiger partial charge in [-0.1, -0.05) is 25.0 Å². The van der Waals surface area contributed by atoms with Crippen LogP contribution in [0, 0.1) is 5.92 Å². The van der Waals surface area contributed by atoms with Gasteiger partial charge < -0.3 is 25.6 Å². The molecule has 0 spiro atoms. The minimum atomic E-state index is -0.689. The number of amides is 1. The lowest BCUT2D eigenvalue weighted by Gasteiger charge is -2.36. The van der Waals surface area contributed by atoms with Gasteiger partial charge in [-0.15, -0.1) is 10.2 Å². The number of esters is 1. The molecule has 3 fully saturated rings. The molecule has 10 nitrogen and oxygen atoms in total. The molecule has 0 unspecified atom stereocenters. The highest BCUT2D eigenvalue weighted by atomic mass is 16.6. The number of aromatic nitrogens is 3. The number of hydrogen-bond acceptors (Lipinski definition) is 9. The molecule has 2 saturated heterocycles. The summed E-state index contributed by atoms with van der Waals surface area (Å²) < 4.78 is 5.52. The highest BCUT2D eigenvalue weighted by molar-refractivity contribution is 5.96. The Hall–Kier alpha value is -3.27. The van der Waals surface area contributed by atoms with Crippen LogP contribution < -0.4 is 16.0 Å². The Balaban J connectivity index is 1.22. The van der Waals surface area contributed by atoms with E-state index in [1.54, 1.807) is 0 Å². The SMILES string of the molecule is CC(C)(C)OC(=O)C[C@@H]1CCCN(c2nnc(C(N)=O)c(Nc3ccc(C4CCN(C5CCCC5)CC4)cc3)n2)C1. The Morgan fingerprint density at radius 1 is 0.976 bits per heavy atom. The number of rotatable bonds is 8. The third-order valence-electron chi connectivity index (χ3n) is 8.60. The molecule has 0 radical (unpaired) electrons. The van der Waals surface area contributed by atoms with Crippen LogP contribution in [0.3, 0.4) is 0 Å². The van der Waals surface area contributed by atoms with Crippen molar-refractivity contribution >= 4 is 29.3 Å². The van der Waals surface area contributed by atoms with Gasteiger partial charge in [-0.25, -0.2) is 0 Å². The topological polar surface area (TPSA) is 127 Å². The second-order valence-corrected chi connectivity index (χ2v) is 12.9. The van der Waals surface area contributed by atoms with Gasteiger partial charge in [-0.05, 0) is 102 Å². The van der Waals surface area contributed by atoms with Crippen molar-refractivity contribution in [2.45, 2.75) is 96.1 Å². The van der Waals surface area contributed by atoms with Crippen LogP contribution >= 0.6 is 0 Å². The van der Waals surface area contributed by atoms with E-state index in [0.29, 0.717) is 24.8 Å². The predicted octanol–water partition coefficient (Wildman–Crippen LogP) is 4.78. The first-order valence-corrected chi connectivity index (χ1v) is 15.3. The van der Waals surface area contributed by atoms with Gasteiger partial charge in [0.1, 0.15) is 5.60 Å². The average Bonchev–Trinajstić information content (AvgIpc) is 3.48. The summed E-state index contributed by atoms with van der Waals surface area (Å²) in [5.74, 6) is 0.519. The van der Waals surface area contributed by atoms with Crippen molar-refractivity contribution in [3.63, 3.8) is 0 Å². The number of likely N-dealkylation sites (tertiary alicyclic amines) is 1. The number of primary amides is 1. The maximum Gasteiger partial charge on any atom is 0.306 e. The highest BCUT2D eigenvalue weighted by Gasteiger charge is 2.29. The fourth-order valence-corrected chi connectivity index (χ4v) is 6.58. The normalized spacial score (nSPS) is 21.1. The van der Waals surface area contributed by atoms with E-state index in [9.17, 15) is 9.59 Å². The summed E-state index contributed by atoms with van der Waals surface area (Å²) in [4.78, 5) is 33.9. The summed E-state index contributed by atoms with van der Waals surface area (Å²) in [5, 5.41) is 11.6. The molecule has 222 valence electrons. The first-order valence-electron chi connectivity index (χ1n) is 15.3. The lowest BCUT2D eigenvalue weighted by Crippen LogP contribution is -2.39. The minimum absolute atomic E-state index is 0.000532. The zero-order chi connectivity index (χ0) is 29.0. The molecule has 1 aliphatic carbocycles. The molecule has 1 amide bonds. The van der Waals surface area contributed by atoms with E-state index in [1.807, 2.05) is 37.8 Å². The summed E-state index contributed by atoms with van der Waals surface area (Å²) in [6.45, 7) is 9.35. The maximum absolute atomic E-state index is 12.4. The van der Waals surface area contributed by atoms with Gasteiger partial charge in [-0.3, -0.25) is 9.59 Å². The Labute approximate surface area is 243 Å². The maximum atomic E-state index is 12.4. The van der Waals surface area contributed by atoms with Gasteiger partial charge in [0.15, 0.2) is 11.5 Å². The van der Waals surface area contributed by atoms with Crippen LogP contribution in [0.15, 0.2) is 24.3 Å². The smallest absolute Gasteiger partial charge is 0.306 e. The molecule has 3 heterocycles. The van der Waals surface area contributed by atoms with Crippen LogP contribution in [0.4, 0.5) is 17.5 Å². The molecular weight excluding hydrogens is 518 g/mol. The van der Waals surface area contributed by atoms with E-state index in [1.165, 1.54) is 57.2 Å². The van der Waals surface area contributed by atoms with Crippen molar-refractivity contribution in [1.29, 1.82) is 0 Å². The van der Waals surface area contributed by atoms with E-state index >= 15 is 0 Å². The van der Waals surface area contributed by atoms with E-state index in [-0.39, 0.29) is 23.4 Å². The zero-order valence-electron chi connectivity index (χ0n) is 24.8. The predicted molar refractivity (Wildman–Crippen MR) is 159 cm³/mol. The summed E-state index contributed by atoms with van der Waals surface area (Å²) in [5.41, 5.74) is 7.27. The second kappa shape index (κ2) is 12.7. The van der Waals surface area contributed by atoms with E-state index in [4.69, 9.17) is 10.5 Å². The van der Waals surface area contributed by atoms with Crippen molar-refractivity contribution in [3.8, 4) is 0 Å². The number of benzene rings is 1. The van der Waals surface area contributed by atoms with Crippen molar-refractivity contribution in [1.82, 2.24) is 20.1 Å². The largest absolute Gasteiger partial charge is 0.460 e. The lowest BCUT2D eigenvalue weighted by molar-refractivity contribution is -0.156. The molecule has 3 N–H and O–H groups in total. The van der Waals surface area contributed by atoms with Crippen molar-refractivity contribution in [2.75, 3.05) is 36.4 Å². The van der Waals surface area contributed by atoms with E-state index in [0.717, 1.165) is 31.1 Å². The number of anilines is 3. The van der Waals surface area contributed by atoms with E-state index < -0.39 is 11.5 Å². The van der Waals surface area contributed by atoms with Gasteiger partial charge >= 0.3 is 5.97 Å². The first kappa shape index (κ1) is 29.2. The van der Waals surface area contributed by atoms with Crippen LogP contribution in [0.25, 0.3) is 0 Å². The second-order valence-electron chi connectivity index (χ2n) is 12.9. The number of nitrogens with zero attached hydrogens (tertiary/aromatic N) is 5. The third kappa shape index (κ3) is 7.72. The highest BCUT2D eigenvalue weighted by Crippen LogP contribution is 2.33. The van der Waals surface area contributed by atoms with Crippen LogP contribution in [0.5, 0.6) is 0 Å². The summed E-state index contributed by atoms with van der Waals surface area (Å²) in [6, 6.07) is 9.20. The molecule has 1 atom stereocenters. The first-order chi connectivity index (χ1) is 19.6. The molecule has 0 bridgehead atoms. The fourth-order valence-electron chi connectivity index (χ4n) is 6.58. The average molecular weight is 564 g/mol. The third-order valence-corrected chi connectivity index (χ3v) is 8.60. The molecule has 3 aliphatic rings. The molecule has 2 aliphatic heterocycles. The van der Waals surface area contributed by atoms with Gasteiger partial charge in [0.05, 0.1) is 6.42 Å². The summed E-state index contributed by atoms with van der Waals surface area (Å²) in [7, 11) is 0. The molecule has 10 heteroatoms. The minimum Gasteiger partial charge on any atom is -0.460 e. The number of carbonyl (C=O) groups is 2. The molecule has 1 aromatic carbocycles. The standard InChI is InChI=1S/C31H45N7O3/c1-31(2,3)41-26(39)19-21-7-6-16-38(20-21)30-34-29(27(28(32)40)35-36-30)33-24-12-10-22(11-13-24)23-14-17-37(18-15-23)25-8-4-5-9-25/h10-13,21,23,25H,4-9,14-20H2,1-3H3,(H2,32,40)(H,33,34,36)/t21-/m0/s1. The van der Waals surface area contributed by atoms with E-state index in [2.05, 4.69) is 37.5 Å². The zero-order valence-corrected chi connectivity index (χ0v) is 24.8. The number of nitrogens with one attached hydrogen (secondary N) is 1. The van der Waals surface area contributed by atoms with Gasteiger partial charge in [0.25, 0.3) is 5.91 Å². The Morgan fingerprint density at radius 3 is 2.34 bits per heavy atom. The molecule has 41 heavy (non-hydrogen) atoms. The number of ether oxygens (including phenoxy) is 1. The Bertz CT molecular complexity index is 1200. The quantitative estimate of drug-likeness (QED) is 0.436. The Morgan fingerprint density at radius 2 is 1.68 bits per heavy atom. The molecule has 1 saturated carbocycles.